The van der Waals surface area contributed by atoms with E-state index in [1.165, 1.54) is 18.4 Å². The van der Waals surface area contributed by atoms with Crippen molar-refractivity contribution in [3.63, 3.8) is 0 Å². The number of nitrogens with one attached hydrogen (secondary N) is 1. The Bertz CT molecular complexity index is 640. The predicted molar refractivity (Wildman–Crippen MR) is 87.3 cm³/mol. The minimum Gasteiger partial charge on any atom is -0.373 e. The van der Waals surface area contributed by atoms with E-state index in [0.717, 1.165) is 12.2 Å². The molecule has 1 N–H and O–H groups in total. The highest BCUT2D eigenvalue weighted by Crippen LogP contribution is 2.44. The number of hydrogen-bond acceptors (Lipinski definition) is 3. The molecule has 4 nitrogen and oxygen atoms in total. The minimum atomic E-state index is -3.39. The van der Waals surface area contributed by atoms with Crippen LogP contribution in [0.25, 0.3) is 0 Å². The summed E-state index contributed by atoms with van der Waals surface area (Å²) in [5.41, 5.74) is 2.41. The van der Waals surface area contributed by atoms with Gasteiger partial charge in [0.1, 0.15) is 0 Å². The second-order valence-corrected chi connectivity index (χ2v) is 9.85. The zero-order valence-electron chi connectivity index (χ0n) is 13.5. The molecule has 2 fully saturated rings. The first-order valence-electron chi connectivity index (χ1n) is 8.00. The molecule has 122 valence electrons. The Morgan fingerprint density at radius 2 is 1.91 bits per heavy atom. The van der Waals surface area contributed by atoms with Crippen molar-refractivity contribution in [1.82, 2.24) is 4.72 Å². The third-order valence-electron chi connectivity index (χ3n) is 4.39. The number of ether oxygens (including phenoxy) is 1. The SMILES string of the molecule is CC(C)(C)S(=O)(=O)NC(CC1CO1)c1ccccc1C1CC1. The molecule has 3 rings (SSSR count). The van der Waals surface area contributed by atoms with Gasteiger partial charge in [0.2, 0.25) is 10.0 Å². The van der Waals surface area contributed by atoms with Crippen molar-refractivity contribution in [3.05, 3.63) is 35.4 Å². The summed E-state index contributed by atoms with van der Waals surface area (Å²) in [7, 11) is -3.39. The molecule has 22 heavy (non-hydrogen) atoms. The van der Waals surface area contributed by atoms with Crippen LogP contribution in [0, 0.1) is 0 Å². The van der Waals surface area contributed by atoms with E-state index in [1.54, 1.807) is 20.8 Å². The molecule has 2 atom stereocenters. The van der Waals surface area contributed by atoms with E-state index >= 15 is 0 Å². The number of sulfonamides is 1. The Morgan fingerprint density at radius 3 is 2.45 bits per heavy atom. The van der Waals surface area contributed by atoms with E-state index in [4.69, 9.17) is 4.74 Å². The van der Waals surface area contributed by atoms with Crippen LogP contribution in [-0.4, -0.2) is 25.9 Å². The third-order valence-corrected chi connectivity index (χ3v) is 6.60. The highest BCUT2D eigenvalue weighted by molar-refractivity contribution is 7.90. The molecule has 2 aliphatic rings. The molecule has 0 bridgehead atoms. The Morgan fingerprint density at radius 1 is 1.27 bits per heavy atom. The van der Waals surface area contributed by atoms with Gasteiger partial charge < -0.3 is 4.74 Å². The lowest BCUT2D eigenvalue weighted by molar-refractivity contribution is 0.373. The van der Waals surface area contributed by atoms with Crippen LogP contribution < -0.4 is 4.72 Å². The van der Waals surface area contributed by atoms with Crippen molar-refractivity contribution in [2.24, 2.45) is 0 Å². The fraction of sp³-hybridized carbons (Fsp3) is 0.647. The molecule has 0 aromatic heterocycles. The standard InChI is InChI=1S/C17H25NO3S/c1-17(2,3)22(19,20)18-16(10-13-11-21-13)15-7-5-4-6-14(15)12-8-9-12/h4-7,12-13,16,18H,8-11H2,1-3H3. The zero-order chi connectivity index (χ0) is 16.0. The van der Waals surface area contributed by atoms with Crippen molar-refractivity contribution in [2.45, 2.75) is 62.8 Å². The molecular formula is C17H25NO3S. The zero-order valence-corrected chi connectivity index (χ0v) is 14.3. The van der Waals surface area contributed by atoms with Crippen LogP contribution in [0.1, 0.15) is 63.1 Å². The average Bonchev–Trinajstić information content (AvgIpc) is 3.30. The van der Waals surface area contributed by atoms with Crippen molar-refractivity contribution >= 4 is 10.0 Å². The van der Waals surface area contributed by atoms with Gasteiger partial charge in [0.25, 0.3) is 0 Å². The highest BCUT2D eigenvalue weighted by atomic mass is 32.2. The summed E-state index contributed by atoms with van der Waals surface area (Å²) in [5, 5.41) is 0. The van der Waals surface area contributed by atoms with Gasteiger partial charge in [0, 0.05) is 6.04 Å². The molecule has 2 unspecified atom stereocenters. The second-order valence-electron chi connectivity index (χ2n) is 7.38. The smallest absolute Gasteiger partial charge is 0.217 e. The summed E-state index contributed by atoms with van der Waals surface area (Å²) in [4.78, 5) is 0. The van der Waals surface area contributed by atoms with Crippen LogP contribution in [0.5, 0.6) is 0 Å². The van der Waals surface area contributed by atoms with Crippen LogP contribution in [-0.2, 0) is 14.8 Å². The Kier molecular flexibility index (Phi) is 4.08. The summed E-state index contributed by atoms with van der Waals surface area (Å²) in [6, 6.07) is 8.03. The molecule has 1 aliphatic heterocycles. The Labute approximate surface area is 133 Å². The molecule has 5 heteroatoms. The van der Waals surface area contributed by atoms with Crippen molar-refractivity contribution in [3.8, 4) is 0 Å². The number of benzene rings is 1. The van der Waals surface area contributed by atoms with E-state index in [9.17, 15) is 8.42 Å². The van der Waals surface area contributed by atoms with Gasteiger partial charge in [-0.2, -0.15) is 0 Å². The second kappa shape index (κ2) is 5.62. The van der Waals surface area contributed by atoms with Crippen molar-refractivity contribution in [2.75, 3.05) is 6.61 Å². The fourth-order valence-electron chi connectivity index (χ4n) is 2.66. The topological polar surface area (TPSA) is 58.7 Å². The summed E-state index contributed by atoms with van der Waals surface area (Å²) < 4.78 is 32.6. The average molecular weight is 323 g/mol. The van der Waals surface area contributed by atoms with Gasteiger partial charge in [0.15, 0.2) is 0 Å². The van der Waals surface area contributed by atoms with E-state index in [-0.39, 0.29) is 12.1 Å². The van der Waals surface area contributed by atoms with Gasteiger partial charge in [-0.3, -0.25) is 0 Å². The number of epoxide rings is 1. The van der Waals surface area contributed by atoms with Crippen molar-refractivity contribution in [1.29, 1.82) is 0 Å². The molecule has 0 radical (unpaired) electrons. The van der Waals surface area contributed by atoms with E-state index < -0.39 is 14.8 Å². The lowest BCUT2D eigenvalue weighted by Crippen LogP contribution is -2.41. The normalized spacial score (nSPS) is 23.3. The molecular weight excluding hydrogens is 298 g/mol. The van der Waals surface area contributed by atoms with Crippen LogP contribution in [0.2, 0.25) is 0 Å². The fourth-order valence-corrected chi connectivity index (χ4v) is 3.62. The van der Waals surface area contributed by atoms with E-state index in [0.29, 0.717) is 12.3 Å². The summed E-state index contributed by atoms with van der Waals surface area (Å²) >= 11 is 0. The first-order valence-corrected chi connectivity index (χ1v) is 9.48. The lowest BCUT2D eigenvalue weighted by Gasteiger charge is -2.26. The van der Waals surface area contributed by atoms with Crippen LogP contribution in [0.4, 0.5) is 0 Å². The number of hydrogen-bond donors (Lipinski definition) is 1. The first kappa shape index (κ1) is 16.0. The maximum atomic E-state index is 12.6. The van der Waals surface area contributed by atoms with Crippen molar-refractivity contribution < 1.29 is 13.2 Å². The summed E-state index contributed by atoms with van der Waals surface area (Å²) in [5.74, 6) is 0.595. The molecule has 1 saturated carbocycles. The van der Waals surface area contributed by atoms with Gasteiger partial charge in [-0.1, -0.05) is 24.3 Å². The third kappa shape index (κ3) is 3.53. The highest BCUT2D eigenvalue weighted by Gasteiger charge is 2.37. The van der Waals surface area contributed by atoms with Crippen LogP contribution in [0.3, 0.4) is 0 Å². The largest absolute Gasteiger partial charge is 0.373 e. The molecule has 1 heterocycles. The maximum Gasteiger partial charge on any atom is 0.217 e. The predicted octanol–water partition coefficient (Wildman–Crippen LogP) is 3.11. The van der Waals surface area contributed by atoms with E-state index in [2.05, 4.69) is 16.9 Å². The molecule has 1 aromatic carbocycles. The number of rotatable bonds is 6. The monoisotopic (exact) mass is 323 g/mol. The van der Waals surface area contributed by atoms with Gasteiger partial charge in [-0.25, -0.2) is 13.1 Å². The molecule has 0 spiro atoms. The van der Waals surface area contributed by atoms with Crippen LogP contribution in [0.15, 0.2) is 24.3 Å². The summed E-state index contributed by atoms with van der Waals surface area (Å²) in [6.45, 7) is 5.92. The van der Waals surface area contributed by atoms with Gasteiger partial charge in [-0.05, 0) is 57.1 Å². The van der Waals surface area contributed by atoms with Gasteiger partial charge >= 0.3 is 0 Å². The Hall–Kier alpha value is -0.910. The molecule has 1 aliphatic carbocycles. The van der Waals surface area contributed by atoms with Crippen LogP contribution >= 0.6 is 0 Å². The van der Waals surface area contributed by atoms with E-state index in [1.807, 2.05) is 12.1 Å². The molecule has 0 amide bonds. The molecule has 1 saturated heterocycles. The molecule has 1 aromatic rings. The summed E-state index contributed by atoms with van der Waals surface area (Å²) in [6.07, 6.45) is 3.30. The minimum absolute atomic E-state index is 0.180. The Balaban J connectivity index is 1.90. The quantitative estimate of drug-likeness (QED) is 0.818. The van der Waals surface area contributed by atoms with Gasteiger partial charge in [0.05, 0.1) is 17.5 Å². The maximum absolute atomic E-state index is 12.6. The van der Waals surface area contributed by atoms with Gasteiger partial charge in [-0.15, -0.1) is 0 Å². The lowest BCUT2D eigenvalue weighted by atomic mass is 9.95. The first-order chi connectivity index (χ1) is 10.3.